The zero-order chi connectivity index (χ0) is 22.7. The first-order valence-corrected chi connectivity index (χ1v) is 9.75. The van der Waals surface area contributed by atoms with Gasteiger partial charge in [0, 0.05) is 12.0 Å². The fraction of sp³-hybridized carbons (Fsp3) is 0.294. The Morgan fingerprint density at radius 2 is 1.80 bits per heavy atom. The van der Waals surface area contributed by atoms with Crippen LogP contribution in [0.4, 0.5) is 22.0 Å². The van der Waals surface area contributed by atoms with Crippen LogP contribution in [0.15, 0.2) is 35.2 Å². The number of aliphatic hydroxyl groups is 1. The summed E-state index contributed by atoms with van der Waals surface area (Å²) in [4.78, 5) is 14.3. The van der Waals surface area contributed by atoms with Crippen molar-refractivity contribution in [2.45, 2.75) is 23.6 Å². The lowest BCUT2D eigenvalue weighted by Crippen LogP contribution is -2.41. The van der Waals surface area contributed by atoms with Gasteiger partial charge in [-0.05, 0) is 12.6 Å². The van der Waals surface area contributed by atoms with Crippen molar-refractivity contribution in [1.82, 2.24) is 15.0 Å². The Morgan fingerprint density at radius 1 is 1.20 bits per heavy atom. The van der Waals surface area contributed by atoms with E-state index in [2.05, 4.69) is 4.98 Å². The second-order valence-corrected chi connectivity index (χ2v) is 7.83. The fourth-order valence-corrected chi connectivity index (χ4v) is 3.54. The quantitative estimate of drug-likeness (QED) is 0.435. The highest BCUT2D eigenvalue weighted by atomic mass is 32.2. The summed E-state index contributed by atoms with van der Waals surface area (Å²) in [6, 6.07) is 7.73. The first kappa shape index (κ1) is 23.6. The van der Waals surface area contributed by atoms with E-state index in [0.29, 0.717) is 5.56 Å². The molecule has 2 rings (SSSR count). The lowest BCUT2D eigenvalue weighted by Gasteiger charge is -2.17. The number of aliphatic hydroxyl groups excluding tert-OH is 1. The van der Waals surface area contributed by atoms with Crippen molar-refractivity contribution in [3.63, 3.8) is 0 Å². The van der Waals surface area contributed by atoms with Crippen LogP contribution in [0.1, 0.15) is 21.6 Å². The molecule has 1 atom stereocenters. The Balaban J connectivity index is 2.58. The molecule has 0 aliphatic carbocycles. The van der Waals surface area contributed by atoms with Crippen LogP contribution in [0.25, 0.3) is 0 Å². The van der Waals surface area contributed by atoms with Gasteiger partial charge in [-0.25, -0.2) is 22.5 Å². The number of hydrogen-bond donors (Lipinski definition) is 3. The molecule has 2 aromatic rings. The van der Waals surface area contributed by atoms with Crippen molar-refractivity contribution in [2.24, 2.45) is 0 Å². The van der Waals surface area contributed by atoms with Gasteiger partial charge in [-0.3, -0.25) is 4.79 Å². The molecule has 0 saturated heterocycles. The van der Waals surface area contributed by atoms with E-state index >= 15 is 0 Å². The van der Waals surface area contributed by atoms with Gasteiger partial charge >= 0.3 is 6.18 Å². The van der Waals surface area contributed by atoms with Gasteiger partial charge in [0.25, 0.3) is 5.91 Å². The van der Waals surface area contributed by atoms with Gasteiger partial charge in [-0.2, -0.15) is 17.6 Å². The summed E-state index contributed by atoms with van der Waals surface area (Å²) in [6.45, 7) is -1.35. The number of pyridine rings is 1. The third-order valence-corrected chi connectivity index (χ3v) is 5.47. The molecule has 1 heterocycles. The molecule has 1 unspecified atom stereocenters. The van der Waals surface area contributed by atoms with E-state index in [9.17, 15) is 35.2 Å². The molecule has 0 bridgehead atoms. The number of rotatable bonds is 7. The Hall–Kier alpha value is -2.64. The van der Waals surface area contributed by atoms with Gasteiger partial charge in [0.05, 0.1) is 6.54 Å². The molecule has 1 amide bonds. The van der Waals surface area contributed by atoms with E-state index in [-0.39, 0.29) is 0 Å². The predicted octanol–water partition coefficient (Wildman–Crippen LogP) is 1.51. The van der Waals surface area contributed by atoms with E-state index < -0.39 is 69.1 Å². The number of halogens is 5. The third-order valence-electron chi connectivity index (χ3n) is 3.96. The van der Waals surface area contributed by atoms with Gasteiger partial charge in [0.2, 0.25) is 16.0 Å². The number of amides is 1. The minimum Gasteiger partial charge on any atom is -0.382 e. The molecule has 0 aliphatic heterocycles. The topological polar surface area (TPSA) is 108 Å². The Labute approximate surface area is 168 Å². The second-order valence-electron chi connectivity index (χ2n) is 6.01. The van der Waals surface area contributed by atoms with Crippen LogP contribution in [0.5, 0.6) is 0 Å². The molecular weight excluding hydrogens is 437 g/mol. The van der Waals surface area contributed by atoms with Gasteiger partial charge in [0.1, 0.15) is 4.90 Å². The molecule has 164 valence electrons. The maximum atomic E-state index is 14.5. The maximum Gasteiger partial charge on any atom is 0.416 e. The lowest BCUT2D eigenvalue weighted by molar-refractivity contribution is -0.201. The normalized spacial score (nSPS) is 13.2. The molecule has 0 spiro atoms. The maximum absolute atomic E-state index is 14.5. The van der Waals surface area contributed by atoms with Crippen LogP contribution in [0.2, 0.25) is 0 Å². The van der Waals surface area contributed by atoms with Gasteiger partial charge in [-0.1, -0.05) is 30.3 Å². The molecule has 0 fully saturated rings. The molecule has 30 heavy (non-hydrogen) atoms. The highest BCUT2D eigenvalue weighted by molar-refractivity contribution is 7.89. The summed E-state index contributed by atoms with van der Waals surface area (Å²) in [5, 5.41) is 10.6. The van der Waals surface area contributed by atoms with Crippen LogP contribution >= 0.6 is 0 Å². The van der Waals surface area contributed by atoms with Crippen molar-refractivity contribution in [3.8, 4) is 0 Å². The molecule has 1 aromatic carbocycles. The van der Waals surface area contributed by atoms with Crippen LogP contribution < -0.4 is 10.0 Å². The number of carbonyl (C=O) groups excluding carboxylic acids is 1. The SMILES string of the molecule is CNS(=O)(=O)c1c(C(=O)NCC(O)C(F)(F)F)nc(F)c(F)c1Cc1ccccc1. The zero-order valence-corrected chi connectivity index (χ0v) is 16.1. The van der Waals surface area contributed by atoms with E-state index in [0.717, 1.165) is 7.05 Å². The number of nitrogens with one attached hydrogen (secondary N) is 2. The van der Waals surface area contributed by atoms with Crippen molar-refractivity contribution in [1.29, 1.82) is 0 Å². The molecule has 1 aromatic heterocycles. The smallest absolute Gasteiger partial charge is 0.382 e. The molecule has 0 saturated carbocycles. The van der Waals surface area contributed by atoms with Crippen LogP contribution in [0, 0.1) is 11.8 Å². The lowest BCUT2D eigenvalue weighted by atomic mass is 10.0. The molecule has 0 radical (unpaired) electrons. The summed E-state index contributed by atoms with van der Waals surface area (Å²) in [6.07, 6.45) is -8.47. The monoisotopic (exact) mass is 453 g/mol. The Morgan fingerprint density at radius 3 is 2.33 bits per heavy atom. The average Bonchev–Trinajstić information content (AvgIpc) is 2.68. The highest BCUT2D eigenvalue weighted by Gasteiger charge is 2.39. The van der Waals surface area contributed by atoms with Crippen molar-refractivity contribution >= 4 is 15.9 Å². The fourth-order valence-electron chi connectivity index (χ4n) is 2.46. The number of nitrogens with zero attached hydrogens (tertiary/aromatic N) is 1. The third kappa shape index (κ3) is 5.29. The number of hydrogen-bond acceptors (Lipinski definition) is 5. The molecule has 0 aliphatic rings. The molecule has 3 N–H and O–H groups in total. The second kappa shape index (κ2) is 9.02. The van der Waals surface area contributed by atoms with Gasteiger partial charge in [0.15, 0.2) is 17.6 Å². The van der Waals surface area contributed by atoms with E-state index in [1.165, 1.54) is 12.1 Å². The zero-order valence-electron chi connectivity index (χ0n) is 15.3. The highest BCUT2D eigenvalue weighted by Crippen LogP contribution is 2.27. The molecule has 7 nitrogen and oxygen atoms in total. The summed E-state index contributed by atoms with van der Waals surface area (Å²) < 4.78 is 92.5. The Kier molecular flexibility index (Phi) is 7.10. The summed E-state index contributed by atoms with van der Waals surface area (Å²) in [5.41, 5.74) is -1.51. The van der Waals surface area contributed by atoms with Crippen LogP contribution in [0.3, 0.4) is 0 Å². The van der Waals surface area contributed by atoms with E-state index in [1.807, 2.05) is 4.72 Å². The van der Waals surface area contributed by atoms with Gasteiger partial charge < -0.3 is 10.4 Å². The average molecular weight is 453 g/mol. The van der Waals surface area contributed by atoms with E-state index in [1.54, 1.807) is 23.5 Å². The van der Waals surface area contributed by atoms with Crippen molar-refractivity contribution in [2.75, 3.05) is 13.6 Å². The first-order chi connectivity index (χ1) is 13.9. The largest absolute Gasteiger partial charge is 0.416 e. The number of aromatic nitrogens is 1. The summed E-state index contributed by atoms with van der Waals surface area (Å²) >= 11 is 0. The van der Waals surface area contributed by atoms with E-state index in [4.69, 9.17) is 5.11 Å². The molecule has 13 heteroatoms. The summed E-state index contributed by atoms with van der Waals surface area (Å²) in [5.74, 6) is -4.97. The molecular formula is C17H16F5N3O4S. The van der Waals surface area contributed by atoms with Crippen molar-refractivity contribution in [3.05, 3.63) is 58.9 Å². The van der Waals surface area contributed by atoms with Crippen LogP contribution in [-0.2, 0) is 16.4 Å². The minimum atomic E-state index is -5.06. The first-order valence-electron chi connectivity index (χ1n) is 8.26. The van der Waals surface area contributed by atoms with Crippen LogP contribution in [-0.4, -0.2) is 50.3 Å². The number of alkyl halides is 3. The number of benzene rings is 1. The summed E-state index contributed by atoms with van der Waals surface area (Å²) in [7, 11) is -3.65. The predicted molar refractivity (Wildman–Crippen MR) is 94.0 cm³/mol. The standard InChI is InChI=1S/C17H16F5N3O4S/c1-23-30(28,29)14-10(7-9-5-3-2-4-6-9)12(18)15(19)25-13(14)16(27)24-8-11(26)17(20,21)22/h2-6,11,23,26H,7-8H2,1H3,(H,24,27). The minimum absolute atomic E-state index is 0.369. The number of sulfonamides is 1. The number of carbonyl (C=O) groups is 1. The van der Waals surface area contributed by atoms with Gasteiger partial charge in [-0.15, -0.1) is 0 Å². The van der Waals surface area contributed by atoms with Crippen molar-refractivity contribution < 1.29 is 40.3 Å². The Bertz CT molecular complexity index is 1030.